The van der Waals surface area contributed by atoms with E-state index in [9.17, 15) is 10.1 Å². The van der Waals surface area contributed by atoms with Gasteiger partial charge in [0.25, 0.3) is 11.7 Å². The topological polar surface area (TPSA) is 86.0 Å². The number of methoxy groups -OCH3 is 2. The summed E-state index contributed by atoms with van der Waals surface area (Å²) in [6, 6.07) is 0.181. The van der Waals surface area contributed by atoms with Crippen molar-refractivity contribution in [1.82, 2.24) is 5.32 Å². The number of hydrogen-bond acceptors (Lipinski definition) is 6. The third-order valence-corrected chi connectivity index (χ3v) is 1.91. The Balaban J connectivity index is 3.03. The van der Waals surface area contributed by atoms with Gasteiger partial charge < -0.3 is 14.8 Å². The van der Waals surface area contributed by atoms with Crippen LogP contribution < -0.4 is 5.32 Å². The molecule has 0 aliphatic carbocycles. The molecule has 0 amide bonds. The molecule has 1 N–H and O–H groups in total. The van der Waals surface area contributed by atoms with E-state index in [1.54, 1.807) is 0 Å². The minimum atomic E-state index is -1.31. The summed E-state index contributed by atoms with van der Waals surface area (Å²) in [4.78, 5) is 14.0. The van der Waals surface area contributed by atoms with Gasteiger partial charge in [0.1, 0.15) is 0 Å². The molecule has 78 valence electrons. The Morgan fingerprint density at radius 3 is 2.71 bits per heavy atom. The van der Waals surface area contributed by atoms with E-state index in [0.717, 1.165) is 0 Å². The van der Waals surface area contributed by atoms with Gasteiger partial charge in [0, 0.05) is 7.11 Å². The summed E-state index contributed by atoms with van der Waals surface area (Å²) in [5, 5.41) is 13.2. The molecule has 0 spiro atoms. The third-order valence-electron chi connectivity index (χ3n) is 1.91. The molecule has 0 fully saturated rings. The standard InChI is InChI=1S/C7H11N3O4/c1-7(14-3)5(10(11)12)4-8-6(9-7)13-2/h4H,1-3H3,(H,8,9). The maximum atomic E-state index is 10.6. The zero-order valence-electron chi connectivity index (χ0n) is 8.10. The molecule has 0 aromatic carbocycles. The van der Waals surface area contributed by atoms with Crippen molar-refractivity contribution in [3.63, 3.8) is 0 Å². The molecule has 1 aliphatic heterocycles. The van der Waals surface area contributed by atoms with Gasteiger partial charge in [-0.25, -0.2) is 0 Å². The lowest BCUT2D eigenvalue weighted by Gasteiger charge is -2.24. The largest absolute Gasteiger partial charge is 0.468 e. The van der Waals surface area contributed by atoms with Gasteiger partial charge in [-0.2, -0.15) is 4.99 Å². The van der Waals surface area contributed by atoms with Crippen molar-refractivity contribution in [2.45, 2.75) is 12.6 Å². The summed E-state index contributed by atoms with van der Waals surface area (Å²) in [5.74, 6) is 0. The van der Waals surface area contributed by atoms with E-state index in [0.29, 0.717) is 0 Å². The minimum absolute atomic E-state index is 0.166. The van der Waals surface area contributed by atoms with E-state index in [2.05, 4.69) is 10.3 Å². The van der Waals surface area contributed by atoms with Crippen molar-refractivity contribution in [1.29, 1.82) is 0 Å². The van der Waals surface area contributed by atoms with E-state index in [4.69, 9.17) is 9.47 Å². The normalized spacial score (nSPS) is 25.9. The van der Waals surface area contributed by atoms with Crippen LogP contribution in [0.25, 0.3) is 0 Å². The lowest BCUT2D eigenvalue weighted by Crippen LogP contribution is -2.40. The van der Waals surface area contributed by atoms with E-state index < -0.39 is 10.6 Å². The number of rotatable bonds is 2. The summed E-state index contributed by atoms with van der Waals surface area (Å²) in [5.41, 5.74) is -1.47. The van der Waals surface area contributed by atoms with Crippen molar-refractivity contribution >= 4 is 6.02 Å². The number of ether oxygens (including phenoxy) is 2. The zero-order chi connectivity index (χ0) is 10.8. The first-order chi connectivity index (χ1) is 6.53. The Morgan fingerprint density at radius 1 is 1.64 bits per heavy atom. The van der Waals surface area contributed by atoms with Crippen LogP contribution in [0.15, 0.2) is 16.9 Å². The van der Waals surface area contributed by atoms with Gasteiger partial charge in [-0.15, -0.1) is 0 Å². The molecule has 7 nitrogen and oxygen atoms in total. The summed E-state index contributed by atoms with van der Waals surface area (Å²) < 4.78 is 9.78. The molecule has 0 bridgehead atoms. The Kier molecular flexibility index (Phi) is 2.70. The number of nitrogens with one attached hydrogen (secondary N) is 1. The Bertz CT molecular complexity index is 312. The quantitative estimate of drug-likeness (QED) is 0.504. The molecule has 1 unspecified atom stereocenters. The number of nitro groups is 1. The van der Waals surface area contributed by atoms with Gasteiger partial charge in [-0.1, -0.05) is 0 Å². The number of nitrogens with zero attached hydrogens (tertiary/aromatic N) is 2. The van der Waals surface area contributed by atoms with E-state index in [-0.39, 0.29) is 11.7 Å². The fourth-order valence-electron chi connectivity index (χ4n) is 1.02. The molecule has 7 heteroatoms. The molecule has 1 aliphatic rings. The van der Waals surface area contributed by atoms with Gasteiger partial charge in [0.15, 0.2) is 0 Å². The third kappa shape index (κ3) is 1.67. The number of aliphatic imine (C=N–C) groups is 1. The van der Waals surface area contributed by atoms with Crippen molar-refractivity contribution in [2.75, 3.05) is 14.2 Å². The minimum Gasteiger partial charge on any atom is -0.468 e. The van der Waals surface area contributed by atoms with Crippen molar-refractivity contribution in [3.8, 4) is 0 Å². The maximum absolute atomic E-state index is 10.6. The van der Waals surface area contributed by atoms with Crippen LogP contribution in [0.4, 0.5) is 0 Å². The zero-order valence-corrected chi connectivity index (χ0v) is 8.10. The monoisotopic (exact) mass is 201 g/mol. The smallest absolute Gasteiger partial charge is 0.316 e. The molecule has 0 saturated heterocycles. The van der Waals surface area contributed by atoms with Crippen molar-refractivity contribution in [3.05, 3.63) is 22.0 Å². The lowest BCUT2D eigenvalue weighted by atomic mass is 10.2. The molecule has 0 saturated carbocycles. The molecule has 0 aromatic heterocycles. The molecule has 1 heterocycles. The van der Waals surface area contributed by atoms with E-state index >= 15 is 0 Å². The molecule has 0 radical (unpaired) electrons. The van der Waals surface area contributed by atoms with Crippen molar-refractivity contribution in [2.24, 2.45) is 4.99 Å². The highest BCUT2D eigenvalue weighted by Crippen LogP contribution is 2.24. The summed E-state index contributed by atoms with van der Waals surface area (Å²) in [6.07, 6.45) is 1.20. The molecule has 14 heavy (non-hydrogen) atoms. The Labute approximate surface area is 80.6 Å². The predicted octanol–water partition coefficient (Wildman–Crippen LogP) is 0.0727. The van der Waals surface area contributed by atoms with Crippen LogP contribution in [0, 0.1) is 10.1 Å². The fraction of sp³-hybridized carbons (Fsp3) is 0.571. The van der Waals surface area contributed by atoms with Crippen LogP contribution in [0.2, 0.25) is 0 Å². The fourth-order valence-corrected chi connectivity index (χ4v) is 1.02. The second kappa shape index (κ2) is 3.62. The molecular weight excluding hydrogens is 190 g/mol. The lowest BCUT2D eigenvalue weighted by molar-refractivity contribution is -0.445. The first kappa shape index (κ1) is 10.5. The summed E-state index contributed by atoms with van der Waals surface area (Å²) in [7, 11) is 2.76. The molecule has 1 rings (SSSR count). The second-order valence-corrected chi connectivity index (χ2v) is 2.74. The van der Waals surface area contributed by atoms with Crippen molar-refractivity contribution < 1.29 is 14.4 Å². The van der Waals surface area contributed by atoms with Crippen LogP contribution in [0.3, 0.4) is 0 Å². The van der Waals surface area contributed by atoms with Gasteiger partial charge in [0.2, 0.25) is 0 Å². The average Bonchev–Trinajstić information content (AvgIpc) is 2.17. The van der Waals surface area contributed by atoms with Gasteiger partial charge in [-0.3, -0.25) is 10.1 Å². The molecule has 1 atom stereocenters. The highest BCUT2D eigenvalue weighted by Gasteiger charge is 2.41. The number of amidine groups is 1. The summed E-state index contributed by atoms with van der Waals surface area (Å²) >= 11 is 0. The first-order valence-corrected chi connectivity index (χ1v) is 3.84. The van der Waals surface area contributed by atoms with Gasteiger partial charge >= 0.3 is 5.70 Å². The molecular formula is C7H11N3O4. The first-order valence-electron chi connectivity index (χ1n) is 3.84. The predicted molar refractivity (Wildman–Crippen MR) is 48.1 cm³/mol. The van der Waals surface area contributed by atoms with Crippen LogP contribution in [0.5, 0.6) is 0 Å². The number of hydrogen-bond donors (Lipinski definition) is 1. The average molecular weight is 201 g/mol. The maximum Gasteiger partial charge on any atom is 0.316 e. The highest BCUT2D eigenvalue weighted by atomic mass is 16.6. The Morgan fingerprint density at radius 2 is 2.29 bits per heavy atom. The Hall–Kier alpha value is -1.63. The van der Waals surface area contributed by atoms with Crippen LogP contribution in [-0.2, 0) is 9.47 Å². The highest BCUT2D eigenvalue weighted by molar-refractivity contribution is 5.76. The SMILES string of the molecule is COC1=NC(C)(OC)C([N+](=O)[O-])=CN1. The van der Waals surface area contributed by atoms with Crippen LogP contribution in [-0.4, -0.2) is 30.9 Å². The van der Waals surface area contributed by atoms with Gasteiger partial charge in [0.05, 0.1) is 18.2 Å². The molecule has 0 aromatic rings. The van der Waals surface area contributed by atoms with Gasteiger partial charge in [-0.05, 0) is 6.92 Å². The van der Waals surface area contributed by atoms with E-state index in [1.165, 1.54) is 27.3 Å². The van der Waals surface area contributed by atoms with Crippen LogP contribution >= 0.6 is 0 Å². The summed E-state index contributed by atoms with van der Waals surface area (Å²) in [6.45, 7) is 1.49. The second-order valence-electron chi connectivity index (χ2n) is 2.74. The van der Waals surface area contributed by atoms with Crippen LogP contribution in [0.1, 0.15) is 6.92 Å². The van der Waals surface area contributed by atoms with E-state index in [1.807, 2.05) is 0 Å².